The molecule has 2 unspecified atom stereocenters. The molecule has 3 fully saturated rings. The van der Waals surface area contributed by atoms with Crippen molar-refractivity contribution in [2.75, 3.05) is 39.3 Å². The Morgan fingerprint density at radius 3 is 2.79 bits per heavy atom. The zero-order valence-electron chi connectivity index (χ0n) is 11.8. The topological polar surface area (TPSA) is 18.5 Å². The maximum Gasteiger partial charge on any atom is 0.0377 e. The average Bonchev–Trinajstić information content (AvgIpc) is 2.98. The van der Waals surface area contributed by atoms with Crippen molar-refractivity contribution >= 4 is 11.3 Å². The molecule has 3 nitrogen and oxygen atoms in total. The van der Waals surface area contributed by atoms with Crippen LogP contribution in [0, 0.1) is 0 Å². The highest BCUT2D eigenvalue weighted by Gasteiger charge is 2.36. The van der Waals surface area contributed by atoms with Crippen LogP contribution in [0.2, 0.25) is 0 Å². The van der Waals surface area contributed by atoms with Gasteiger partial charge in [-0.2, -0.15) is 11.3 Å². The molecule has 3 aliphatic heterocycles. The molecule has 0 saturated carbocycles. The molecule has 106 valence electrons. The van der Waals surface area contributed by atoms with Gasteiger partial charge in [-0.3, -0.25) is 9.80 Å². The van der Waals surface area contributed by atoms with E-state index < -0.39 is 0 Å². The fourth-order valence-corrected chi connectivity index (χ4v) is 4.19. The van der Waals surface area contributed by atoms with Gasteiger partial charge in [0, 0.05) is 44.8 Å². The fraction of sp³-hybridized carbons (Fsp3) is 0.733. The maximum absolute atomic E-state index is 3.73. The first-order chi connectivity index (χ1) is 9.36. The molecule has 2 bridgehead atoms. The van der Waals surface area contributed by atoms with Crippen molar-refractivity contribution in [1.29, 1.82) is 0 Å². The minimum absolute atomic E-state index is 0.646. The highest BCUT2D eigenvalue weighted by atomic mass is 32.1. The number of aryl methyl sites for hydroxylation is 1. The Kier molecular flexibility index (Phi) is 4.53. The molecule has 0 spiro atoms. The second-order valence-electron chi connectivity index (χ2n) is 5.74. The standard InChI is InChI=1S/C15H25N3S/c1-2-16-14(4-3-13-5-10-19-12-13)15-11-17-6-8-18(15)9-7-17/h5,10,12,14-16H,2-4,6-9,11H2,1H3. The van der Waals surface area contributed by atoms with Crippen molar-refractivity contribution in [2.24, 2.45) is 0 Å². The maximum atomic E-state index is 3.73. The molecule has 4 heteroatoms. The zero-order chi connectivity index (χ0) is 13.1. The molecule has 0 aromatic carbocycles. The van der Waals surface area contributed by atoms with Gasteiger partial charge < -0.3 is 5.32 Å². The van der Waals surface area contributed by atoms with Crippen LogP contribution in [0.5, 0.6) is 0 Å². The van der Waals surface area contributed by atoms with E-state index >= 15 is 0 Å². The van der Waals surface area contributed by atoms with Crippen LogP contribution >= 0.6 is 11.3 Å². The number of likely N-dealkylation sites (N-methyl/N-ethyl adjacent to an activating group) is 1. The first-order valence-corrected chi connectivity index (χ1v) is 8.52. The minimum Gasteiger partial charge on any atom is -0.313 e. The van der Waals surface area contributed by atoms with Crippen molar-refractivity contribution in [3.63, 3.8) is 0 Å². The summed E-state index contributed by atoms with van der Waals surface area (Å²) < 4.78 is 0. The van der Waals surface area contributed by atoms with Gasteiger partial charge in [0.2, 0.25) is 0 Å². The van der Waals surface area contributed by atoms with Crippen molar-refractivity contribution in [2.45, 2.75) is 31.8 Å². The van der Waals surface area contributed by atoms with Crippen molar-refractivity contribution in [1.82, 2.24) is 15.1 Å². The van der Waals surface area contributed by atoms with Gasteiger partial charge in [-0.25, -0.2) is 0 Å². The number of nitrogens with one attached hydrogen (secondary N) is 1. The highest BCUT2D eigenvalue weighted by Crippen LogP contribution is 2.21. The lowest BCUT2D eigenvalue weighted by Crippen LogP contribution is -2.66. The molecule has 1 aromatic heterocycles. The average molecular weight is 279 g/mol. The van der Waals surface area contributed by atoms with Crippen LogP contribution in [0.4, 0.5) is 0 Å². The Morgan fingerprint density at radius 2 is 2.21 bits per heavy atom. The normalized spacial score (nSPS) is 31.5. The van der Waals surface area contributed by atoms with Crippen molar-refractivity contribution in [3.05, 3.63) is 22.4 Å². The summed E-state index contributed by atoms with van der Waals surface area (Å²) in [6.45, 7) is 9.67. The molecule has 2 atom stereocenters. The first-order valence-electron chi connectivity index (χ1n) is 7.57. The van der Waals surface area contributed by atoms with E-state index in [9.17, 15) is 0 Å². The SMILES string of the molecule is CCNC(CCc1ccsc1)C1CN2CCN1CC2. The highest BCUT2D eigenvalue weighted by molar-refractivity contribution is 7.07. The third-order valence-corrected chi connectivity index (χ3v) is 5.31. The lowest BCUT2D eigenvalue weighted by molar-refractivity contribution is -0.00415. The summed E-state index contributed by atoms with van der Waals surface area (Å²) in [4.78, 5) is 5.35. The molecular formula is C15H25N3S. The quantitative estimate of drug-likeness (QED) is 0.854. The van der Waals surface area contributed by atoms with E-state index in [2.05, 4.69) is 38.9 Å². The minimum atomic E-state index is 0.646. The second-order valence-corrected chi connectivity index (χ2v) is 6.52. The number of thiophene rings is 1. The molecule has 19 heavy (non-hydrogen) atoms. The van der Waals surface area contributed by atoms with Gasteiger partial charge in [0.25, 0.3) is 0 Å². The molecule has 4 rings (SSSR count). The van der Waals surface area contributed by atoms with E-state index in [1.54, 1.807) is 0 Å². The summed E-state index contributed by atoms with van der Waals surface area (Å²) in [5.41, 5.74) is 1.50. The molecule has 1 aromatic rings. The summed E-state index contributed by atoms with van der Waals surface area (Å²) >= 11 is 1.81. The van der Waals surface area contributed by atoms with E-state index in [1.165, 1.54) is 51.1 Å². The summed E-state index contributed by atoms with van der Waals surface area (Å²) in [5, 5.41) is 8.22. The van der Waals surface area contributed by atoms with Gasteiger partial charge in [-0.15, -0.1) is 0 Å². The molecule has 0 radical (unpaired) electrons. The van der Waals surface area contributed by atoms with Gasteiger partial charge in [0.1, 0.15) is 0 Å². The van der Waals surface area contributed by atoms with Crippen LogP contribution in [0.1, 0.15) is 18.9 Å². The van der Waals surface area contributed by atoms with Crippen molar-refractivity contribution in [3.8, 4) is 0 Å². The third kappa shape index (κ3) is 3.19. The third-order valence-electron chi connectivity index (χ3n) is 4.58. The van der Waals surface area contributed by atoms with Crippen molar-refractivity contribution < 1.29 is 0 Å². The van der Waals surface area contributed by atoms with Crippen LogP contribution in [0.25, 0.3) is 0 Å². The Balaban J connectivity index is 1.60. The fourth-order valence-electron chi connectivity index (χ4n) is 3.49. The van der Waals surface area contributed by atoms with Crippen LogP contribution in [-0.4, -0.2) is 61.2 Å². The lowest BCUT2D eigenvalue weighted by atomic mass is 9.95. The summed E-state index contributed by atoms with van der Waals surface area (Å²) in [7, 11) is 0. The largest absolute Gasteiger partial charge is 0.313 e. The number of hydrogen-bond donors (Lipinski definition) is 1. The monoisotopic (exact) mass is 279 g/mol. The Labute approximate surface area is 120 Å². The van der Waals surface area contributed by atoms with Crippen LogP contribution in [0.3, 0.4) is 0 Å². The molecule has 0 amide bonds. The van der Waals surface area contributed by atoms with E-state index in [0.29, 0.717) is 6.04 Å². The van der Waals surface area contributed by atoms with E-state index in [4.69, 9.17) is 0 Å². The lowest BCUT2D eigenvalue weighted by Gasteiger charge is -2.50. The van der Waals surface area contributed by atoms with Crippen LogP contribution in [-0.2, 0) is 6.42 Å². The molecule has 3 aliphatic rings. The zero-order valence-corrected chi connectivity index (χ0v) is 12.7. The number of fused-ring (bicyclic) bond motifs is 3. The number of piperazine rings is 3. The van der Waals surface area contributed by atoms with E-state index in [1.807, 2.05) is 11.3 Å². The van der Waals surface area contributed by atoms with Gasteiger partial charge in [0.05, 0.1) is 0 Å². The first kappa shape index (κ1) is 13.6. The predicted molar refractivity (Wildman–Crippen MR) is 81.9 cm³/mol. The van der Waals surface area contributed by atoms with Gasteiger partial charge in [-0.05, 0) is 41.8 Å². The summed E-state index contributed by atoms with van der Waals surface area (Å²) in [5.74, 6) is 0. The Bertz CT molecular complexity index is 371. The van der Waals surface area contributed by atoms with Crippen LogP contribution < -0.4 is 5.32 Å². The summed E-state index contributed by atoms with van der Waals surface area (Å²) in [6.07, 6.45) is 2.48. The Hall–Kier alpha value is -0.420. The molecule has 1 N–H and O–H groups in total. The summed E-state index contributed by atoms with van der Waals surface area (Å²) in [6, 6.07) is 3.64. The molecule has 4 heterocycles. The van der Waals surface area contributed by atoms with E-state index in [0.717, 1.165) is 12.6 Å². The van der Waals surface area contributed by atoms with E-state index in [-0.39, 0.29) is 0 Å². The van der Waals surface area contributed by atoms with Gasteiger partial charge >= 0.3 is 0 Å². The number of rotatable bonds is 6. The number of hydrogen-bond acceptors (Lipinski definition) is 4. The molecule has 0 aliphatic carbocycles. The smallest absolute Gasteiger partial charge is 0.0377 e. The number of nitrogens with zero attached hydrogens (tertiary/aromatic N) is 2. The predicted octanol–water partition coefficient (Wildman–Crippen LogP) is 1.66. The molecule has 3 saturated heterocycles. The molecular weight excluding hydrogens is 254 g/mol. The van der Waals surface area contributed by atoms with Crippen LogP contribution in [0.15, 0.2) is 16.8 Å². The second kappa shape index (κ2) is 6.35. The van der Waals surface area contributed by atoms with Gasteiger partial charge in [0.15, 0.2) is 0 Å². The Morgan fingerprint density at radius 1 is 1.37 bits per heavy atom. The van der Waals surface area contributed by atoms with Gasteiger partial charge in [-0.1, -0.05) is 6.92 Å².